The molecule has 2 N–H and O–H groups in total. The van der Waals surface area contributed by atoms with Crippen molar-refractivity contribution in [2.45, 2.75) is 11.3 Å². The van der Waals surface area contributed by atoms with Crippen molar-refractivity contribution in [2.24, 2.45) is 0 Å². The van der Waals surface area contributed by atoms with Gasteiger partial charge in [-0.2, -0.15) is 0 Å². The smallest absolute Gasteiger partial charge is 0.293 e. The molecule has 1 aromatic heterocycles. The Balaban J connectivity index is 1.80. The number of hydrogen-bond acceptors (Lipinski definition) is 6. The maximum absolute atomic E-state index is 11.8. The van der Waals surface area contributed by atoms with Crippen LogP contribution in [0.4, 0.5) is 11.4 Å². The predicted octanol–water partition coefficient (Wildman–Crippen LogP) is 2.71. The zero-order valence-corrected chi connectivity index (χ0v) is 15.4. The topological polar surface area (TPSA) is 114 Å². The number of pyridine rings is 1. The lowest BCUT2D eigenvalue weighted by molar-refractivity contribution is -0.384. The lowest BCUT2D eigenvalue weighted by Crippen LogP contribution is -2.19. The quantitative estimate of drug-likeness (QED) is 0.477. The van der Waals surface area contributed by atoms with Crippen LogP contribution in [-0.2, 0) is 16.4 Å². The summed E-state index contributed by atoms with van der Waals surface area (Å²) in [6, 6.07) is 13.5. The van der Waals surface area contributed by atoms with Gasteiger partial charge in [-0.15, -0.1) is 0 Å². The van der Waals surface area contributed by atoms with Gasteiger partial charge in [-0.25, -0.2) is 13.1 Å². The zero-order chi connectivity index (χ0) is 19.4. The number of nitro groups is 1. The molecule has 0 aliphatic rings. The highest BCUT2D eigenvalue weighted by molar-refractivity contribution is 7.89. The normalized spacial score (nSPS) is 11.4. The Kier molecular flexibility index (Phi) is 5.33. The van der Waals surface area contributed by atoms with E-state index in [0.717, 1.165) is 22.5 Å². The first-order chi connectivity index (χ1) is 12.9. The first-order valence-corrected chi connectivity index (χ1v) is 9.69. The third kappa shape index (κ3) is 4.04. The van der Waals surface area contributed by atoms with Gasteiger partial charge < -0.3 is 5.32 Å². The van der Waals surface area contributed by atoms with Gasteiger partial charge in [-0.1, -0.05) is 24.3 Å². The third-order valence-corrected chi connectivity index (χ3v) is 5.58. The largest absolute Gasteiger partial charge is 0.379 e. The Hall–Kier alpha value is -3.04. The maximum Gasteiger partial charge on any atom is 0.293 e. The minimum absolute atomic E-state index is 0.152. The van der Waals surface area contributed by atoms with Crippen LogP contribution >= 0.6 is 0 Å². The number of nitrogens with zero attached hydrogens (tertiary/aromatic N) is 2. The van der Waals surface area contributed by atoms with Gasteiger partial charge in [0.15, 0.2) is 0 Å². The standard InChI is InChI=1S/C18H18N4O4S/c1-19-27(25,26)15-7-8-16(17(12-15)22(23)24)20-11-9-14-5-2-4-13-6-3-10-21-18(13)14/h2-8,10,12,19-20H,9,11H2,1H3. The lowest BCUT2D eigenvalue weighted by Gasteiger charge is -2.10. The fourth-order valence-electron chi connectivity index (χ4n) is 2.80. The van der Waals surface area contributed by atoms with E-state index in [9.17, 15) is 18.5 Å². The molecule has 0 bridgehead atoms. The maximum atomic E-state index is 11.8. The minimum atomic E-state index is -3.75. The number of nitrogens with one attached hydrogen (secondary N) is 2. The van der Waals surface area contributed by atoms with Crippen LogP contribution in [-0.4, -0.2) is 31.9 Å². The molecule has 0 radical (unpaired) electrons. The molecule has 0 saturated carbocycles. The van der Waals surface area contributed by atoms with E-state index in [1.54, 1.807) is 6.20 Å². The van der Waals surface area contributed by atoms with Crippen molar-refractivity contribution in [3.05, 3.63) is 70.4 Å². The number of benzene rings is 2. The molecule has 8 nitrogen and oxygen atoms in total. The first-order valence-electron chi connectivity index (χ1n) is 8.21. The van der Waals surface area contributed by atoms with Crippen LogP contribution in [0.5, 0.6) is 0 Å². The molecule has 1 heterocycles. The molecule has 3 rings (SSSR count). The van der Waals surface area contributed by atoms with E-state index >= 15 is 0 Å². The van der Waals surface area contributed by atoms with Gasteiger partial charge in [0.05, 0.1) is 15.3 Å². The molecule has 0 fully saturated rings. The summed E-state index contributed by atoms with van der Waals surface area (Å²) >= 11 is 0. The summed E-state index contributed by atoms with van der Waals surface area (Å²) in [5.41, 5.74) is 1.90. The zero-order valence-electron chi connectivity index (χ0n) is 14.5. The number of sulfonamides is 1. The Bertz CT molecular complexity index is 1090. The van der Waals surface area contributed by atoms with Crippen molar-refractivity contribution in [3.8, 4) is 0 Å². The molecule has 0 aliphatic carbocycles. The predicted molar refractivity (Wildman–Crippen MR) is 103 cm³/mol. The number of aromatic nitrogens is 1. The van der Waals surface area contributed by atoms with E-state index in [0.29, 0.717) is 13.0 Å². The molecule has 3 aromatic rings. The summed E-state index contributed by atoms with van der Waals surface area (Å²) < 4.78 is 25.8. The second-order valence-corrected chi connectivity index (χ2v) is 7.70. The van der Waals surface area contributed by atoms with Crippen LogP contribution in [0.25, 0.3) is 10.9 Å². The number of fused-ring (bicyclic) bond motifs is 1. The molecule has 140 valence electrons. The highest BCUT2D eigenvalue weighted by Crippen LogP contribution is 2.27. The van der Waals surface area contributed by atoms with Gasteiger partial charge in [0.2, 0.25) is 10.0 Å². The number of hydrogen-bond donors (Lipinski definition) is 2. The lowest BCUT2D eigenvalue weighted by atomic mass is 10.1. The van der Waals surface area contributed by atoms with Gasteiger partial charge >= 0.3 is 0 Å². The number of anilines is 1. The van der Waals surface area contributed by atoms with Crippen molar-refractivity contribution in [1.29, 1.82) is 0 Å². The Labute approximate surface area is 156 Å². The number of nitro benzene ring substituents is 1. The van der Waals surface area contributed by atoms with Crippen molar-refractivity contribution >= 4 is 32.3 Å². The molecule has 0 spiro atoms. The third-order valence-electron chi connectivity index (χ3n) is 4.17. The van der Waals surface area contributed by atoms with Crippen LogP contribution in [0.15, 0.2) is 59.6 Å². The molecule has 27 heavy (non-hydrogen) atoms. The van der Waals surface area contributed by atoms with Gasteiger partial charge in [0, 0.05) is 24.2 Å². The minimum Gasteiger partial charge on any atom is -0.379 e. The summed E-state index contributed by atoms with van der Waals surface area (Å²) in [6.45, 7) is 0.439. The fourth-order valence-corrected chi connectivity index (χ4v) is 3.55. The summed E-state index contributed by atoms with van der Waals surface area (Å²) in [6.07, 6.45) is 2.34. The molecular formula is C18H18N4O4S. The molecule has 0 aliphatic heterocycles. The van der Waals surface area contributed by atoms with Crippen LogP contribution in [0.2, 0.25) is 0 Å². The molecule has 2 aromatic carbocycles. The van der Waals surface area contributed by atoms with Crippen LogP contribution in [0.1, 0.15) is 5.56 Å². The van der Waals surface area contributed by atoms with E-state index in [-0.39, 0.29) is 16.3 Å². The Morgan fingerprint density at radius 1 is 1.15 bits per heavy atom. The number of para-hydroxylation sites is 1. The molecule has 0 saturated heterocycles. The van der Waals surface area contributed by atoms with Crippen molar-refractivity contribution in [2.75, 3.05) is 18.9 Å². The van der Waals surface area contributed by atoms with E-state index in [1.165, 1.54) is 19.2 Å². The highest BCUT2D eigenvalue weighted by atomic mass is 32.2. The summed E-state index contributed by atoms with van der Waals surface area (Å²) in [5, 5.41) is 15.4. The van der Waals surface area contributed by atoms with E-state index in [2.05, 4.69) is 15.0 Å². The molecule has 0 atom stereocenters. The van der Waals surface area contributed by atoms with E-state index in [1.807, 2.05) is 30.3 Å². The van der Waals surface area contributed by atoms with Gasteiger partial charge in [0.1, 0.15) is 5.69 Å². The average molecular weight is 386 g/mol. The van der Waals surface area contributed by atoms with Crippen LogP contribution in [0.3, 0.4) is 0 Å². The number of rotatable bonds is 7. The first kappa shape index (κ1) is 18.7. The van der Waals surface area contributed by atoms with Gasteiger partial charge in [0.25, 0.3) is 5.69 Å². The molecule has 0 unspecified atom stereocenters. The summed E-state index contributed by atoms with van der Waals surface area (Å²) in [5.74, 6) is 0. The molecule has 9 heteroatoms. The second kappa shape index (κ2) is 7.68. The van der Waals surface area contributed by atoms with Crippen molar-refractivity contribution in [1.82, 2.24) is 9.71 Å². The highest BCUT2D eigenvalue weighted by Gasteiger charge is 2.20. The van der Waals surface area contributed by atoms with Crippen molar-refractivity contribution < 1.29 is 13.3 Å². The van der Waals surface area contributed by atoms with Gasteiger partial charge in [-0.3, -0.25) is 15.1 Å². The monoisotopic (exact) mass is 386 g/mol. The summed E-state index contributed by atoms with van der Waals surface area (Å²) in [7, 11) is -2.49. The van der Waals surface area contributed by atoms with Gasteiger partial charge in [-0.05, 0) is 37.2 Å². The van der Waals surface area contributed by atoms with Crippen molar-refractivity contribution in [3.63, 3.8) is 0 Å². The Morgan fingerprint density at radius 3 is 2.67 bits per heavy atom. The van der Waals surface area contributed by atoms with E-state index < -0.39 is 14.9 Å². The SMILES string of the molecule is CNS(=O)(=O)c1ccc(NCCc2cccc3cccnc23)c([N+](=O)[O-])c1. The second-order valence-electron chi connectivity index (χ2n) is 5.81. The average Bonchev–Trinajstić information content (AvgIpc) is 2.68. The van der Waals surface area contributed by atoms with Crippen LogP contribution < -0.4 is 10.0 Å². The van der Waals surface area contributed by atoms with Crippen LogP contribution in [0, 0.1) is 10.1 Å². The molecule has 0 amide bonds. The summed E-state index contributed by atoms with van der Waals surface area (Å²) in [4.78, 5) is 15.0. The molecular weight excluding hydrogens is 368 g/mol. The fraction of sp³-hybridized carbons (Fsp3) is 0.167. The van der Waals surface area contributed by atoms with E-state index in [4.69, 9.17) is 0 Å². The Morgan fingerprint density at radius 2 is 1.93 bits per heavy atom.